The van der Waals surface area contributed by atoms with Gasteiger partial charge in [0, 0.05) is 12.6 Å². The Morgan fingerprint density at radius 1 is 1.21 bits per heavy atom. The van der Waals surface area contributed by atoms with Crippen LogP contribution in [0.2, 0.25) is 0 Å². The van der Waals surface area contributed by atoms with E-state index in [4.69, 9.17) is 4.74 Å². The zero-order valence-electron chi connectivity index (χ0n) is 14.5. The maximum atomic E-state index is 11.9. The molecule has 0 heterocycles. The fourth-order valence-electron chi connectivity index (χ4n) is 2.93. The first kappa shape index (κ1) is 18.3. The van der Waals surface area contributed by atoms with Crippen molar-refractivity contribution >= 4 is 11.9 Å². The molecule has 0 atom stereocenters. The molecule has 0 saturated heterocycles. The number of benzene rings is 1. The van der Waals surface area contributed by atoms with Crippen molar-refractivity contribution in [1.82, 2.24) is 15.5 Å². The van der Waals surface area contributed by atoms with E-state index in [1.165, 1.54) is 0 Å². The molecule has 0 aliphatic heterocycles. The van der Waals surface area contributed by atoms with Crippen molar-refractivity contribution in [3.05, 3.63) is 29.8 Å². The lowest BCUT2D eigenvalue weighted by molar-refractivity contribution is -0.121. The highest BCUT2D eigenvalue weighted by Crippen LogP contribution is 2.17. The van der Waals surface area contributed by atoms with Crippen LogP contribution in [0.25, 0.3) is 0 Å². The SMILES string of the molecule is CCOc1ccc(CN(C)CC(=O)NC(=O)NC2CCCC2)cc1. The first-order valence-corrected chi connectivity index (χ1v) is 8.57. The lowest BCUT2D eigenvalue weighted by Crippen LogP contribution is -2.46. The van der Waals surface area contributed by atoms with E-state index >= 15 is 0 Å². The number of imide groups is 1. The highest BCUT2D eigenvalue weighted by Gasteiger charge is 2.18. The minimum absolute atomic E-state index is 0.172. The molecule has 1 aliphatic rings. The van der Waals surface area contributed by atoms with Crippen LogP contribution in [-0.2, 0) is 11.3 Å². The highest BCUT2D eigenvalue weighted by molar-refractivity contribution is 5.95. The number of hydrogen-bond acceptors (Lipinski definition) is 4. The van der Waals surface area contributed by atoms with Crippen molar-refractivity contribution in [2.45, 2.75) is 45.2 Å². The van der Waals surface area contributed by atoms with Crippen LogP contribution in [0.4, 0.5) is 4.79 Å². The maximum absolute atomic E-state index is 11.9. The molecule has 0 radical (unpaired) electrons. The van der Waals surface area contributed by atoms with Gasteiger partial charge in [0.15, 0.2) is 0 Å². The van der Waals surface area contributed by atoms with Crippen molar-refractivity contribution in [3.8, 4) is 5.75 Å². The van der Waals surface area contributed by atoms with Gasteiger partial charge in [-0.15, -0.1) is 0 Å². The van der Waals surface area contributed by atoms with Crippen LogP contribution in [0.1, 0.15) is 38.2 Å². The van der Waals surface area contributed by atoms with Gasteiger partial charge in [0.2, 0.25) is 5.91 Å². The third-order valence-corrected chi connectivity index (χ3v) is 4.04. The topological polar surface area (TPSA) is 70.7 Å². The van der Waals surface area contributed by atoms with Gasteiger partial charge in [0.05, 0.1) is 13.2 Å². The number of amides is 3. The summed E-state index contributed by atoms with van der Waals surface area (Å²) in [6.07, 6.45) is 4.28. The number of likely N-dealkylation sites (N-methyl/N-ethyl adjacent to an activating group) is 1. The Bertz CT molecular complexity index is 539. The van der Waals surface area contributed by atoms with Gasteiger partial charge in [-0.25, -0.2) is 4.79 Å². The molecule has 24 heavy (non-hydrogen) atoms. The fourth-order valence-corrected chi connectivity index (χ4v) is 2.93. The predicted molar refractivity (Wildman–Crippen MR) is 92.9 cm³/mol. The van der Waals surface area contributed by atoms with Crippen LogP contribution in [0, 0.1) is 0 Å². The summed E-state index contributed by atoms with van der Waals surface area (Å²) in [5, 5.41) is 5.25. The zero-order chi connectivity index (χ0) is 17.4. The van der Waals surface area contributed by atoms with Crippen LogP contribution < -0.4 is 15.4 Å². The standard InChI is InChI=1S/C18H27N3O3/c1-3-24-16-10-8-14(9-11-16)12-21(2)13-17(22)20-18(23)19-15-6-4-5-7-15/h8-11,15H,3-7,12-13H2,1-2H3,(H2,19,20,22,23). The smallest absolute Gasteiger partial charge is 0.321 e. The number of urea groups is 1. The van der Waals surface area contributed by atoms with Crippen molar-refractivity contribution in [2.75, 3.05) is 20.2 Å². The molecule has 1 saturated carbocycles. The quantitative estimate of drug-likeness (QED) is 0.803. The Morgan fingerprint density at radius 3 is 2.50 bits per heavy atom. The second-order valence-corrected chi connectivity index (χ2v) is 6.25. The molecule has 6 heteroatoms. The summed E-state index contributed by atoms with van der Waals surface area (Å²) in [4.78, 5) is 25.6. The second kappa shape index (κ2) is 9.27. The number of hydrogen-bond donors (Lipinski definition) is 2. The van der Waals surface area contributed by atoms with E-state index in [1.807, 2.05) is 43.1 Å². The van der Waals surface area contributed by atoms with E-state index < -0.39 is 0 Å². The minimum Gasteiger partial charge on any atom is -0.494 e. The molecule has 2 rings (SSSR count). The molecule has 6 nitrogen and oxygen atoms in total. The van der Waals surface area contributed by atoms with E-state index in [2.05, 4.69) is 10.6 Å². The lowest BCUT2D eigenvalue weighted by Gasteiger charge is -2.17. The van der Waals surface area contributed by atoms with Gasteiger partial charge in [-0.1, -0.05) is 25.0 Å². The van der Waals surface area contributed by atoms with Crippen LogP contribution in [0.15, 0.2) is 24.3 Å². The van der Waals surface area contributed by atoms with Crippen molar-refractivity contribution < 1.29 is 14.3 Å². The van der Waals surface area contributed by atoms with Crippen LogP contribution in [0.3, 0.4) is 0 Å². The Hall–Kier alpha value is -2.08. The molecule has 1 aromatic carbocycles. The van der Waals surface area contributed by atoms with E-state index in [-0.39, 0.29) is 24.5 Å². The molecular formula is C18H27N3O3. The molecule has 1 aromatic rings. The molecule has 0 bridgehead atoms. The summed E-state index contributed by atoms with van der Waals surface area (Å²) in [7, 11) is 1.85. The largest absolute Gasteiger partial charge is 0.494 e. The lowest BCUT2D eigenvalue weighted by atomic mass is 10.2. The van der Waals surface area contributed by atoms with Crippen LogP contribution in [-0.4, -0.2) is 43.1 Å². The van der Waals surface area contributed by atoms with Gasteiger partial charge in [0.25, 0.3) is 0 Å². The van der Waals surface area contributed by atoms with Gasteiger partial charge in [0.1, 0.15) is 5.75 Å². The summed E-state index contributed by atoms with van der Waals surface area (Å²) in [5.74, 6) is 0.546. The predicted octanol–water partition coefficient (Wildman–Crippen LogP) is 2.29. The molecule has 0 unspecified atom stereocenters. The van der Waals surface area contributed by atoms with E-state index in [0.717, 1.165) is 37.0 Å². The Kier molecular flexibility index (Phi) is 7.06. The Labute approximate surface area is 143 Å². The van der Waals surface area contributed by atoms with Crippen LogP contribution >= 0.6 is 0 Å². The molecule has 1 aliphatic carbocycles. The average molecular weight is 333 g/mol. The minimum atomic E-state index is -0.388. The summed E-state index contributed by atoms with van der Waals surface area (Å²) in [6.45, 7) is 3.39. The van der Waals surface area contributed by atoms with Crippen molar-refractivity contribution in [2.24, 2.45) is 0 Å². The van der Waals surface area contributed by atoms with Gasteiger partial charge in [-0.2, -0.15) is 0 Å². The zero-order valence-corrected chi connectivity index (χ0v) is 14.5. The second-order valence-electron chi connectivity index (χ2n) is 6.25. The van der Waals surface area contributed by atoms with E-state index in [9.17, 15) is 9.59 Å². The normalized spacial score (nSPS) is 14.6. The van der Waals surface area contributed by atoms with E-state index in [0.29, 0.717) is 13.2 Å². The maximum Gasteiger partial charge on any atom is 0.321 e. The first-order valence-electron chi connectivity index (χ1n) is 8.57. The van der Waals surface area contributed by atoms with Crippen molar-refractivity contribution in [1.29, 1.82) is 0 Å². The number of rotatable bonds is 7. The van der Waals surface area contributed by atoms with Gasteiger partial charge in [-0.05, 0) is 44.5 Å². The molecule has 1 fully saturated rings. The number of carbonyl (C=O) groups excluding carboxylic acids is 2. The van der Waals surface area contributed by atoms with Gasteiger partial charge in [-0.3, -0.25) is 15.0 Å². The van der Waals surface area contributed by atoms with Crippen molar-refractivity contribution in [3.63, 3.8) is 0 Å². The Balaban J connectivity index is 1.71. The first-order chi connectivity index (χ1) is 11.6. The van der Waals surface area contributed by atoms with Crippen LogP contribution in [0.5, 0.6) is 5.75 Å². The highest BCUT2D eigenvalue weighted by atomic mass is 16.5. The number of nitrogens with zero attached hydrogens (tertiary/aromatic N) is 1. The fraction of sp³-hybridized carbons (Fsp3) is 0.556. The molecule has 132 valence electrons. The number of nitrogens with one attached hydrogen (secondary N) is 2. The molecule has 3 amide bonds. The Morgan fingerprint density at radius 2 is 1.88 bits per heavy atom. The number of carbonyl (C=O) groups is 2. The molecule has 2 N–H and O–H groups in total. The molecule has 0 spiro atoms. The van der Waals surface area contributed by atoms with Gasteiger partial charge >= 0.3 is 6.03 Å². The number of ether oxygens (including phenoxy) is 1. The average Bonchev–Trinajstić information content (AvgIpc) is 3.01. The summed E-state index contributed by atoms with van der Waals surface area (Å²) in [6, 6.07) is 7.61. The van der Waals surface area contributed by atoms with Gasteiger partial charge < -0.3 is 10.1 Å². The molecular weight excluding hydrogens is 306 g/mol. The summed E-state index contributed by atoms with van der Waals surface area (Å²) >= 11 is 0. The summed E-state index contributed by atoms with van der Waals surface area (Å²) < 4.78 is 5.41. The van der Waals surface area contributed by atoms with E-state index in [1.54, 1.807) is 0 Å². The monoisotopic (exact) mass is 333 g/mol. The summed E-state index contributed by atoms with van der Waals surface area (Å²) in [5.41, 5.74) is 1.09. The third kappa shape index (κ3) is 6.20. The third-order valence-electron chi connectivity index (χ3n) is 4.04. The molecule has 0 aromatic heterocycles.